The summed E-state index contributed by atoms with van der Waals surface area (Å²) < 4.78 is 0. The molecule has 1 saturated heterocycles. The first-order chi connectivity index (χ1) is 11.0. The number of carbonyl (C=O) groups is 1. The van der Waals surface area contributed by atoms with Crippen LogP contribution in [0.25, 0.3) is 6.08 Å². The number of thioether (sulfide) groups is 1. The number of amidine groups is 1. The van der Waals surface area contributed by atoms with E-state index in [0.717, 1.165) is 16.8 Å². The first-order valence-corrected chi connectivity index (χ1v) is 8.05. The summed E-state index contributed by atoms with van der Waals surface area (Å²) in [6.45, 7) is 1.99. The lowest BCUT2D eigenvalue weighted by atomic mass is 10.2. The molecule has 1 heterocycles. The van der Waals surface area contributed by atoms with Gasteiger partial charge in [-0.1, -0.05) is 29.8 Å². The van der Waals surface area contributed by atoms with Crippen LogP contribution in [-0.4, -0.2) is 16.2 Å². The van der Waals surface area contributed by atoms with Crippen molar-refractivity contribution in [1.29, 1.82) is 0 Å². The summed E-state index contributed by atoms with van der Waals surface area (Å²) in [4.78, 5) is 17.0. The van der Waals surface area contributed by atoms with Crippen molar-refractivity contribution in [1.82, 2.24) is 5.32 Å². The monoisotopic (exact) mass is 344 g/mol. The molecule has 3 rings (SSSR count). The Labute approximate surface area is 142 Å². The van der Waals surface area contributed by atoms with Crippen LogP contribution >= 0.6 is 23.4 Å². The van der Waals surface area contributed by atoms with Crippen molar-refractivity contribution < 1.29 is 9.90 Å². The van der Waals surface area contributed by atoms with E-state index >= 15 is 0 Å². The molecule has 116 valence electrons. The van der Waals surface area contributed by atoms with Crippen LogP contribution in [0.2, 0.25) is 5.02 Å². The molecule has 0 spiro atoms. The number of nitrogens with zero attached hydrogens (tertiary/aromatic N) is 1. The van der Waals surface area contributed by atoms with Gasteiger partial charge < -0.3 is 10.4 Å². The van der Waals surface area contributed by atoms with Crippen molar-refractivity contribution in [3.63, 3.8) is 0 Å². The van der Waals surface area contributed by atoms with Gasteiger partial charge in [-0.05, 0) is 60.2 Å². The Morgan fingerprint density at radius 2 is 2.09 bits per heavy atom. The van der Waals surface area contributed by atoms with Crippen LogP contribution < -0.4 is 5.32 Å². The Morgan fingerprint density at radius 1 is 1.26 bits per heavy atom. The number of carbonyl (C=O) groups excluding carboxylic acids is 1. The van der Waals surface area contributed by atoms with Crippen molar-refractivity contribution >= 4 is 46.2 Å². The maximum atomic E-state index is 12.0. The molecule has 1 aliphatic rings. The van der Waals surface area contributed by atoms with E-state index in [-0.39, 0.29) is 16.7 Å². The number of aromatic hydroxyl groups is 1. The summed E-state index contributed by atoms with van der Waals surface area (Å²) >= 11 is 7.15. The highest BCUT2D eigenvalue weighted by atomic mass is 35.5. The van der Waals surface area contributed by atoms with E-state index in [1.165, 1.54) is 17.8 Å². The molecule has 0 saturated carbocycles. The lowest BCUT2D eigenvalue weighted by molar-refractivity contribution is -0.115. The number of hydrogen-bond donors (Lipinski definition) is 2. The Balaban J connectivity index is 1.84. The van der Waals surface area contributed by atoms with Gasteiger partial charge in [-0.25, -0.2) is 4.99 Å². The van der Waals surface area contributed by atoms with Gasteiger partial charge in [0.2, 0.25) is 0 Å². The molecular formula is C17H13ClN2O2S. The molecule has 2 aromatic carbocycles. The first kappa shape index (κ1) is 15.6. The number of nitrogens with one attached hydrogen (secondary N) is 1. The second-order valence-electron chi connectivity index (χ2n) is 5.03. The van der Waals surface area contributed by atoms with E-state index in [9.17, 15) is 9.90 Å². The van der Waals surface area contributed by atoms with E-state index in [1.54, 1.807) is 18.2 Å². The van der Waals surface area contributed by atoms with Gasteiger partial charge in [0.15, 0.2) is 5.17 Å². The zero-order valence-electron chi connectivity index (χ0n) is 12.2. The van der Waals surface area contributed by atoms with Crippen molar-refractivity contribution in [2.45, 2.75) is 6.92 Å². The summed E-state index contributed by atoms with van der Waals surface area (Å²) in [5, 5.41) is 13.0. The maximum absolute atomic E-state index is 12.0. The minimum atomic E-state index is -0.203. The van der Waals surface area contributed by atoms with Gasteiger partial charge in [0.25, 0.3) is 5.91 Å². The normalized spacial score (nSPS) is 17.7. The molecule has 0 aliphatic carbocycles. The van der Waals surface area contributed by atoms with Crippen LogP contribution in [0.1, 0.15) is 11.1 Å². The molecule has 0 radical (unpaired) electrons. The molecule has 1 aliphatic heterocycles. The second kappa shape index (κ2) is 6.48. The molecule has 4 nitrogen and oxygen atoms in total. The third-order valence-electron chi connectivity index (χ3n) is 3.15. The minimum absolute atomic E-state index is 0.0130. The number of aliphatic imine (C=N–C) groups is 1. The van der Waals surface area contributed by atoms with Crippen LogP contribution in [0.5, 0.6) is 5.75 Å². The SMILES string of the molecule is Cc1cccc(N=C2NC(=O)C(=Cc3ccc(O)c(Cl)c3)S2)c1. The van der Waals surface area contributed by atoms with Crippen LogP contribution in [0.4, 0.5) is 5.69 Å². The lowest BCUT2D eigenvalue weighted by Crippen LogP contribution is -2.19. The van der Waals surface area contributed by atoms with Gasteiger partial charge in [0, 0.05) is 0 Å². The third-order valence-corrected chi connectivity index (χ3v) is 4.37. The number of phenolic OH excluding ortho intramolecular Hbond substituents is 1. The quantitative estimate of drug-likeness (QED) is 0.801. The number of halogens is 1. The Morgan fingerprint density at radius 3 is 2.83 bits per heavy atom. The zero-order chi connectivity index (χ0) is 16.4. The lowest BCUT2D eigenvalue weighted by Gasteiger charge is -1.99. The summed E-state index contributed by atoms with van der Waals surface area (Å²) in [6.07, 6.45) is 1.71. The van der Waals surface area contributed by atoms with E-state index < -0.39 is 0 Å². The molecule has 0 aromatic heterocycles. The van der Waals surface area contributed by atoms with Crippen molar-refractivity contribution in [2.24, 2.45) is 4.99 Å². The minimum Gasteiger partial charge on any atom is -0.506 e. The average molecular weight is 345 g/mol. The smallest absolute Gasteiger partial charge is 0.264 e. The van der Waals surface area contributed by atoms with Crippen molar-refractivity contribution in [3.05, 3.63) is 63.5 Å². The number of rotatable bonds is 2. The summed E-state index contributed by atoms with van der Waals surface area (Å²) in [5.41, 5.74) is 2.64. The fourth-order valence-electron chi connectivity index (χ4n) is 2.06. The summed E-state index contributed by atoms with van der Waals surface area (Å²) in [5.74, 6) is -0.190. The van der Waals surface area contributed by atoms with Gasteiger partial charge in [-0.2, -0.15) is 0 Å². The molecular weight excluding hydrogens is 332 g/mol. The van der Waals surface area contributed by atoms with E-state index in [0.29, 0.717) is 10.1 Å². The van der Waals surface area contributed by atoms with Gasteiger partial charge in [0.1, 0.15) is 5.75 Å². The van der Waals surface area contributed by atoms with E-state index in [2.05, 4.69) is 10.3 Å². The Bertz CT molecular complexity index is 846. The Hall–Kier alpha value is -2.24. The first-order valence-electron chi connectivity index (χ1n) is 6.86. The molecule has 2 aromatic rings. The van der Waals surface area contributed by atoms with Crippen LogP contribution in [0, 0.1) is 6.92 Å². The van der Waals surface area contributed by atoms with Crippen LogP contribution in [0.15, 0.2) is 52.4 Å². The highest BCUT2D eigenvalue weighted by molar-refractivity contribution is 8.18. The molecule has 2 N–H and O–H groups in total. The standard InChI is InChI=1S/C17H13ClN2O2S/c1-10-3-2-4-12(7-10)19-17-20-16(22)15(23-17)9-11-5-6-14(21)13(18)8-11/h2-9,21H,1H3,(H,19,20,22). The van der Waals surface area contributed by atoms with E-state index in [1.807, 2.05) is 31.2 Å². The number of phenols is 1. The molecule has 6 heteroatoms. The van der Waals surface area contributed by atoms with Gasteiger partial charge in [-0.15, -0.1) is 0 Å². The number of aryl methyl sites for hydroxylation is 1. The second-order valence-corrected chi connectivity index (χ2v) is 6.47. The van der Waals surface area contributed by atoms with E-state index in [4.69, 9.17) is 11.6 Å². The summed E-state index contributed by atoms with van der Waals surface area (Å²) in [6, 6.07) is 12.5. The zero-order valence-corrected chi connectivity index (χ0v) is 13.8. The van der Waals surface area contributed by atoms with Crippen molar-refractivity contribution in [3.8, 4) is 5.75 Å². The molecule has 0 bridgehead atoms. The highest BCUT2D eigenvalue weighted by Crippen LogP contribution is 2.30. The fourth-order valence-corrected chi connectivity index (χ4v) is 3.09. The molecule has 23 heavy (non-hydrogen) atoms. The molecule has 0 unspecified atom stereocenters. The number of hydrogen-bond acceptors (Lipinski definition) is 4. The molecule has 1 amide bonds. The number of amides is 1. The molecule has 0 atom stereocenters. The van der Waals surface area contributed by atoms with Gasteiger partial charge in [0.05, 0.1) is 15.6 Å². The summed E-state index contributed by atoms with van der Waals surface area (Å²) in [7, 11) is 0. The number of benzene rings is 2. The predicted octanol–water partition coefficient (Wildman–Crippen LogP) is 4.25. The molecule has 1 fully saturated rings. The topological polar surface area (TPSA) is 61.7 Å². The van der Waals surface area contributed by atoms with Crippen LogP contribution in [-0.2, 0) is 4.79 Å². The van der Waals surface area contributed by atoms with Gasteiger partial charge >= 0.3 is 0 Å². The maximum Gasteiger partial charge on any atom is 0.264 e. The van der Waals surface area contributed by atoms with Crippen LogP contribution in [0.3, 0.4) is 0 Å². The largest absolute Gasteiger partial charge is 0.506 e. The highest BCUT2D eigenvalue weighted by Gasteiger charge is 2.23. The Kier molecular flexibility index (Phi) is 4.41. The average Bonchev–Trinajstić information content (AvgIpc) is 2.83. The van der Waals surface area contributed by atoms with Crippen molar-refractivity contribution in [2.75, 3.05) is 0 Å². The third kappa shape index (κ3) is 3.75. The van der Waals surface area contributed by atoms with Gasteiger partial charge in [-0.3, -0.25) is 4.79 Å². The predicted molar refractivity (Wildman–Crippen MR) is 95.1 cm³/mol. The fraction of sp³-hybridized carbons (Fsp3) is 0.0588.